The normalized spacial score (nSPS) is 23.4. The first kappa shape index (κ1) is 13.8. The number of likely N-dealkylation sites (tertiary alicyclic amines) is 1. The zero-order chi connectivity index (χ0) is 14.2. The molecule has 0 bridgehead atoms. The molecule has 5 nitrogen and oxygen atoms in total. The van der Waals surface area contributed by atoms with E-state index in [-0.39, 0.29) is 0 Å². The number of H-pyrrole nitrogens is 1. The Kier molecular flexibility index (Phi) is 3.69. The number of nitrogens with one attached hydrogen (secondary N) is 1. The van der Waals surface area contributed by atoms with Gasteiger partial charge >= 0.3 is 0 Å². The van der Waals surface area contributed by atoms with Crippen LogP contribution in [-0.2, 0) is 12.1 Å². The minimum Gasteiger partial charge on any atom is -0.382 e. The Balaban J connectivity index is 1.73. The van der Waals surface area contributed by atoms with Crippen molar-refractivity contribution in [2.75, 3.05) is 13.1 Å². The highest BCUT2D eigenvalue weighted by Gasteiger charge is 2.39. The zero-order valence-corrected chi connectivity index (χ0v) is 12.2. The van der Waals surface area contributed by atoms with E-state index in [0.29, 0.717) is 35.2 Å². The summed E-state index contributed by atoms with van der Waals surface area (Å²) in [5.41, 5.74) is 0.596. The molecule has 1 aromatic heterocycles. The Hall–Kier alpha value is -1.14. The van der Waals surface area contributed by atoms with Gasteiger partial charge in [-0.3, -0.25) is 4.90 Å². The predicted octanol–water partition coefficient (Wildman–Crippen LogP) is 2.21. The maximum atomic E-state index is 10.6. The largest absolute Gasteiger partial charge is 0.382 e. The summed E-state index contributed by atoms with van der Waals surface area (Å²) in [5.74, 6) is 0. The van der Waals surface area contributed by atoms with Gasteiger partial charge in [-0.1, -0.05) is 23.2 Å². The number of halogens is 2. The molecular weight excluding hydrogens is 299 g/mol. The van der Waals surface area contributed by atoms with Crippen LogP contribution in [0.15, 0.2) is 24.4 Å². The highest BCUT2D eigenvalue weighted by Crippen LogP contribution is 2.32. The number of rotatable bonds is 3. The van der Waals surface area contributed by atoms with E-state index in [1.165, 1.54) is 0 Å². The standard InChI is InChI=1S/C13H14Cl2N4O/c14-10-1-2-11(15)9(5-10)7-19-4-3-13(20,8-19)12-6-16-18-17-12/h1-2,5-6,20H,3-4,7-8H2,(H,16,17,18)/t13-/m1/s1. The first-order valence-electron chi connectivity index (χ1n) is 6.32. The third kappa shape index (κ3) is 2.67. The lowest BCUT2D eigenvalue weighted by Gasteiger charge is -2.21. The summed E-state index contributed by atoms with van der Waals surface area (Å²) in [4.78, 5) is 2.13. The monoisotopic (exact) mass is 312 g/mol. The van der Waals surface area contributed by atoms with Crippen molar-refractivity contribution >= 4 is 23.2 Å². The van der Waals surface area contributed by atoms with Gasteiger partial charge in [0.05, 0.1) is 6.20 Å². The summed E-state index contributed by atoms with van der Waals surface area (Å²) < 4.78 is 0. The fourth-order valence-corrected chi connectivity index (χ4v) is 2.92. The van der Waals surface area contributed by atoms with Gasteiger partial charge in [0.25, 0.3) is 0 Å². The highest BCUT2D eigenvalue weighted by atomic mass is 35.5. The first-order valence-corrected chi connectivity index (χ1v) is 7.07. The van der Waals surface area contributed by atoms with Crippen LogP contribution in [0.3, 0.4) is 0 Å². The van der Waals surface area contributed by atoms with Gasteiger partial charge in [0.1, 0.15) is 11.3 Å². The van der Waals surface area contributed by atoms with Crippen LogP contribution >= 0.6 is 23.2 Å². The average Bonchev–Trinajstić information content (AvgIpc) is 3.05. The van der Waals surface area contributed by atoms with Crippen LogP contribution < -0.4 is 0 Å². The van der Waals surface area contributed by atoms with Gasteiger partial charge in [-0.15, -0.1) is 0 Å². The van der Waals surface area contributed by atoms with E-state index < -0.39 is 5.60 Å². The van der Waals surface area contributed by atoms with Gasteiger partial charge in [-0.05, 0) is 30.2 Å². The number of aromatic nitrogens is 3. The molecule has 2 N–H and O–H groups in total. The van der Waals surface area contributed by atoms with Crippen molar-refractivity contribution in [3.05, 3.63) is 45.7 Å². The lowest BCUT2D eigenvalue weighted by molar-refractivity contribution is 0.0409. The molecular formula is C13H14Cl2N4O. The summed E-state index contributed by atoms with van der Waals surface area (Å²) in [5, 5.41) is 22.2. The van der Waals surface area contributed by atoms with Crippen LogP contribution in [0, 0.1) is 0 Å². The van der Waals surface area contributed by atoms with Crippen LogP contribution in [-0.4, -0.2) is 38.5 Å². The molecule has 0 amide bonds. The van der Waals surface area contributed by atoms with Gasteiger partial charge in [-0.2, -0.15) is 15.4 Å². The van der Waals surface area contributed by atoms with E-state index in [2.05, 4.69) is 20.3 Å². The molecule has 20 heavy (non-hydrogen) atoms. The summed E-state index contributed by atoms with van der Waals surface area (Å²) in [6, 6.07) is 5.42. The van der Waals surface area contributed by atoms with Crippen LogP contribution in [0.5, 0.6) is 0 Å². The second-order valence-electron chi connectivity index (χ2n) is 5.08. The van der Waals surface area contributed by atoms with Crippen molar-refractivity contribution in [2.24, 2.45) is 0 Å². The second kappa shape index (κ2) is 5.33. The van der Waals surface area contributed by atoms with Crippen molar-refractivity contribution < 1.29 is 5.11 Å². The molecule has 7 heteroatoms. The molecule has 1 saturated heterocycles. The molecule has 0 aliphatic carbocycles. The van der Waals surface area contributed by atoms with E-state index in [4.69, 9.17) is 23.2 Å². The van der Waals surface area contributed by atoms with Crippen molar-refractivity contribution in [1.29, 1.82) is 0 Å². The highest BCUT2D eigenvalue weighted by molar-refractivity contribution is 6.33. The molecule has 0 spiro atoms. The number of hydrogen-bond donors (Lipinski definition) is 2. The van der Waals surface area contributed by atoms with Gasteiger partial charge in [-0.25, -0.2) is 0 Å². The van der Waals surface area contributed by atoms with E-state index in [9.17, 15) is 5.11 Å². The summed E-state index contributed by atoms with van der Waals surface area (Å²) in [6.07, 6.45) is 2.19. The number of nitrogens with zero attached hydrogens (tertiary/aromatic N) is 3. The Morgan fingerprint density at radius 2 is 2.25 bits per heavy atom. The van der Waals surface area contributed by atoms with Crippen LogP contribution in [0.25, 0.3) is 0 Å². The Morgan fingerprint density at radius 1 is 1.40 bits per heavy atom. The third-order valence-corrected chi connectivity index (χ3v) is 4.22. The topological polar surface area (TPSA) is 65.0 Å². The smallest absolute Gasteiger partial charge is 0.124 e. The quantitative estimate of drug-likeness (QED) is 0.912. The van der Waals surface area contributed by atoms with E-state index >= 15 is 0 Å². The van der Waals surface area contributed by atoms with Crippen molar-refractivity contribution in [3.8, 4) is 0 Å². The second-order valence-corrected chi connectivity index (χ2v) is 5.93. The summed E-state index contributed by atoms with van der Waals surface area (Å²) >= 11 is 12.2. The molecule has 2 heterocycles. The number of aliphatic hydroxyl groups is 1. The SMILES string of the molecule is O[C@]1(c2cn[nH]n2)CCN(Cc2cc(Cl)ccc2Cl)C1. The molecule has 1 atom stereocenters. The van der Waals surface area contributed by atoms with Crippen molar-refractivity contribution in [1.82, 2.24) is 20.3 Å². The lowest BCUT2D eigenvalue weighted by Crippen LogP contribution is -2.31. The molecule has 1 aliphatic rings. The molecule has 2 aromatic rings. The van der Waals surface area contributed by atoms with Gasteiger partial charge < -0.3 is 5.11 Å². The molecule has 0 unspecified atom stereocenters. The number of benzene rings is 1. The van der Waals surface area contributed by atoms with Crippen molar-refractivity contribution in [3.63, 3.8) is 0 Å². The van der Waals surface area contributed by atoms with Gasteiger partial charge in [0, 0.05) is 29.7 Å². The predicted molar refractivity (Wildman–Crippen MR) is 76.6 cm³/mol. The number of β-amino-alcohol motifs (C(OH)–C–C–N with tert-alkyl or cyclic N) is 1. The number of hydrogen-bond acceptors (Lipinski definition) is 4. The third-order valence-electron chi connectivity index (χ3n) is 3.62. The average molecular weight is 313 g/mol. The molecule has 1 fully saturated rings. The molecule has 1 aliphatic heterocycles. The van der Waals surface area contributed by atoms with Crippen molar-refractivity contribution in [2.45, 2.75) is 18.6 Å². The maximum absolute atomic E-state index is 10.6. The molecule has 0 radical (unpaired) electrons. The van der Waals surface area contributed by atoms with E-state index in [1.54, 1.807) is 18.3 Å². The minimum atomic E-state index is -0.946. The lowest BCUT2D eigenvalue weighted by atomic mass is 10.00. The molecule has 3 rings (SSSR count). The Bertz CT molecular complexity index is 604. The maximum Gasteiger partial charge on any atom is 0.124 e. The van der Waals surface area contributed by atoms with Crippen LogP contribution in [0.1, 0.15) is 17.7 Å². The van der Waals surface area contributed by atoms with Gasteiger partial charge in [0.2, 0.25) is 0 Å². The number of aromatic amines is 1. The zero-order valence-electron chi connectivity index (χ0n) is 10.7. The summed E-state index contributed by atoms with van der Waals surface area (Å²) in [6.45, 7) is 1.92. The van der Waals surface area contributed by atoms with E-state index in [0.717, 1.165) is 12.1 Å². The summed E-state index contributed by atoms with van der Waals surface area (Å²) in [7, 11) is 0. The Labute approximate surface area is 126 Å². The van der Waals surface area contributed by atoms with E-state index in [1.807, 2.05) is 6.07 Å². The van der Waals surface area contributed by atoms with Crippen LogP contribution in [0.4, 0.5) is 0 Å². The fourth-order valence-electron chi connectivity index (χ4n) is 2.55. The van der Waals surface area contributed by atoms with Gasteiger partial charge in [0.15, 0.2) is 0 Å². The fraction of sp³-hybridized carbons (Fsp3) is 0.385. The Morgan fingerprint density at radius 3 is 3.00 bits per heavy atom. The molecule has 0 saturated carbocycles. The van der Waals surface area contributed by atoms with Crippen LogP contribution in [0.2, 0.25) is 10.0 Å². The molecule has 106 valence electrons. The first-order chi connectivity index (χ1) is 9.57. The minimum absolute atomic E-state index is 0.502. The molecule has 1 aromatic carbocycles.